The average molecular weight is 422 g/mol. The Balaban J connectivity index is 1.57. The van der Waals surface area contributed by atoms with Crippen molar-refractivity contribution in [1.29, 1.82) is 0 Å². The second-order valence-electron chi connectivity index (χ2n) is 8.74. The van der Waals surface area contributed by atoms with Gasteiger partial charge < -0.3 is 10.2 Å². The zero-order valence-corrected chi connectivity index (χ0v) is 18.4. The maximum Gasteiger partial charge on any atom is 0.291 e. The van der Waals surface area contributed by atoms with Gasteiger partial charge in [-0.05, 0) is 50.2 Å². The van der Waals surface area contributed by atoms with Crippen LogP contribution in [0.2, 0.25) is 0 Å². The normalized spacial score (nSPS) is 14.8. The first-order chi connectivity index (χ1) is 14.8. The number of hydrogen-bond acceptors (Lipinski definition) is 4. The van der Waals surface area contributed by atoms with Crippen LogP contribution in [0.4, 0.5) is 4.39 Å². The highest BCUT2D eigenvalue weighted by molar-refractivity contribution is 5.90. The quantitative estimate of drug-likeness (QED) is 0.663. The third-order valence-corrected chi connectivity index (χ3v) is 6.12. The minimum absolute atomic E-state index is 0.0221. The lowest BCUT2D eigenvalue weighted by atomic mass is 9.94. The monoisotopic (exact) mass is 421 g/mol. The lowest BCUT2D eigenvalue weighted by molar-refractivity contribution is 0.0892. The maximum atomic E-state index is 14.4. The predicted octanol–water partition coefficient (Wildman–Crippen LogP) is 3.36. The fourth-order valence-corrected chi connectivity index (χ4v) is 4.19. The van der Waals surface area contributed by atoms with Crippen molar-refractivity contribution >= 4 is 5.91 Å². The molecule has 2 aromatic carbocycles. The summed E-state index contributed by atoms with van der Waals surface area (Å²) in [6, 6.07) is 14.8. The van der Waals surface area contributed by atoms with Crippen LogP contribution in [0.5, 0.6) is 0 Å². The number of likely N-dealkylation sites (N-methyl/N-ethyl adjacent to an activating group) is 1. The van der Waals surface area contributed by atoms with E-state index < -0.39 is 5.82 Å². The molecule has 0 aliphatic heterocycles. The van der Waals surface area contributed by atoms with Crippen molar-refractivity contribution in [3.8, 4) is 5.69 Å². The first kappa shape index (κ1) is 21.2. The van der Waals surface area contributed by atoms with Gasteiger partial charge in [0, 0.05) is 18.0 Å². The van der Waals surface area contributed by atoms with Gasteiger partial charge in [-0.25, -0.2) is 14.1 Å². The molecule has 1 aromatic heterocycles. The number of nitrogens with zero attached hydrogens (tertiary/aromatic N) is 4. The minimum Gasteiger partial charge on any atom is -0.347 e. The molecule has 1 heterocycles. The van der Waals surface area contributed by atoms with Gasteiger partial charge in [-0.1, -0.05) is 50.2 Å². The number of rotatable bonds is 6. The topological polar surface area (TPSA) is 63.1 Å². The Bertz CT molecular complexity index is 1080. The van der Waals surface area contributed by atoms with Crippen LogP contribution in [0, 0.1) is 5.82 Å². The third kappa shape index (κ3) is 3.97. The van der Waals surface area contributed by atoms with E-state index in [2.05, 4.69) is 44.6 Å². The molecule has 3 aromatic rings. The van der Waals surface area contributed by atoms with E-state index in [1.807, 2.05) is 27.9 Å². The first-order valence-corrected chi connectivity index (χ1v) is 10.5. The molecule has 0 fully saturated rings. The Morgan fingerprint density at radius 2 is 1.74 bits per heavy atom. The van der Waals surface area contributed by atoms with Crippen molar-refractivity contribution in [2.75, 3.05) is 20.6 Å². The molecule has 0 saturated carbocycles. The van der Waals surface area contributed by atoms with Crippen molar-refractivity contribution < 1.29 is 9.18 Å². The van der Waals surface area contributed by atoms with Crippen LogP contribution in [-0.2, 0) is 12.8 Å². The van der Waals surface area contributed by atoms with E-state index in [4.69, 9.17) is 0 Å². The Morgan fingerprint density at radius 3 is 2.32 bits per heavy atom. The highest BCUT2D eigenvalue weighted by Crippen LogP contribution is 2.33. The molecule has 0 spiro atoms. The summed E-state index contributed by atoms with van der Waals surface area (Å²) in [5.74, 6) is -0.181. The SMILES string of the molecule is CC(C)c1nc(C(=O)NCC2(N(C)C)Cc3ccccc3C2)nn1-c1ccccc1F. The van der Waals surface area contributed by atoms with Crippen LogP contribution in [-0.4, -0.2) is 51.8 Å². The van der Waals surface area contributed by atoms with Gasteiger partial charge in [0.05, 0.1) is 0 Å². The number of benzene rings is 2. The van der Waals surface area contributed by atoms with Crippen LogP contribution in [0.1, 0.15) is 47.3 Å². The molecule has 162 valence electrons. The molecule has 0 atom stereocenters. The number of carbonyl (C=O) groups excluding carboxylic acids is 1. The van der Waals surface area contributed by atoms with Gasteiger partial charge in [-0.2, -0.15) is 0 Å². The first-order valence-electron chi connectivity index (χ1n) is 10.5. The second-order valence-corrected chi connectivity index (χ2v) is 8.74. The van der Waals surface area contributed by atoms with E-state index in [1.165, 1.54) is 21.9 Å². The Kier molecular flexibility index (Phi) is 5.62. The van der Waals surface area contributed by atoms with E-state index in [9.17, 15) is 9.18 Å². The molecule has 1 aliphatic carbocycles. The Hall–Kier alpha value is -3.06. The van der Waals surface area contributed by atoms with Crippen molar-refractivity contribution in [1.82, 2.24) is 25.0 Å². The zero-order valence-electron chi connectivity index (χ0n) is 18.4. The molecule has 1 N–H and O–H groups in total. The number of amides is 1. The van der Waals surface area contributed by atoms with E-state index in [0.717, 1.165) is 12.8 Å². The maximum absolute atomic E-state index is 14.4. The van der Waals surface area contributed by atoms with Gasteiger partial charge in [-0.3, -0.25) is 4.79 Å². The molecular weight excluding hydrogens is 393 g/mol. The molecule has 7 heteroatoms. The number of halogens is 1. The average Bonchev–Trinajstić information content (AvgIpc) is 3.35. The summed E-state index contributed by atoms with van der Waals surface area (Å²) in [6.45, 7) is 4.36. The van der Waals surface area contributed by atoms with Crippen LogP contribution in [0.25, 0.3) is 5.69 Å². The Labute approximate surface area is 182 Å². The van der Waals surface area contributed by atoms with Gasteiger partial charge in [0.15, 0.2) is 0 Å². The fourth-order valence-electron chi connectivity index (χ4n) is 4.19. The zero-order chi connectivity index (χ0) is 22.2. The number of carbonyl (C=O) groups is 1. The van der Waals surface area contributed by atoms with Gasteiger partial charge in [0.25, 0.3) is 5.91 Å². The molecule has 1 aliphatic rings. The number of nitrogens with one attached hydrogen (secondary N) is 1. The van der Waals surface area contributed by atoms with E-state index >= 15 is 0 Å². The van der Waals surface area contributed by atoms with Crippen molar-refractivity contribution in [3.05, 3.63) is 77.1 Å². The van der Waals surface area contributed by atoms with E-state index in [-0.39, 0.29) is 28.9 Å². The molecule has 4 rings (SSSR count). The lowest BCUT2D eigenvalue weighted by Gasteiger charge is -2.36. The lowest BCUT2D eigenvalue weighted by Crippen LogP contribution is -2.53. The molecule has 0 saturated heterocycles. The Morgan fingerprint density at radius 1 is 1.13 bits per heavy atom. The summed E-state index contributed by atoms with van der Waals surface area (Å²) in [6.07, 6.45) is 1.73. The number of hydrogen-bond donors (Lipinski definition) is 1. The van der Waals surface area contributed by atoms with Gasteiger partial charge in [0.2, 0.25) is 5.82 Å². The summed E-state index contributed by atoms with van der Waals surface area (Å²) < 4.78 is 15.8. The standard InChI is InChI=1S/C24H28FN5O/c1-16(2)22-27-21(28-30(22)20-12-8-7-11-19(20)25)23(31)26-15-24(29(3)4)13-17-9-5-6-10-18(17)14-24/h5-12,16H,13-15H2,1-4H3,(H,26,31). The fraction of sp³-hybridized carbons (Fsp3) is 0.375. The summed E-state index contributed by atoms with van der Waals surface area (Å²) in [7, 11) is 4.08. The molecule has 1 amide bonds. The number of para-hydroxylation sites is 1. The summed E-state index contributed by atoms with van der Waals surface area (Å²) in [4.78, 5) is 19.6. The summed E-state index contributed by atoms with van der Waals surface area (Å²) in [5, 5.41) is 7.39. The number of aromatic nitrogens is 3. The molecule has 0 radical (unpaired) electrons. The van der Waals surface area contributed by atoms with Crippen LogP contribution in [0.3, 0.4) is 0 Å². The molecule has 31 heavy (non-hydrogen) atoms. The van der Waals surface area contributed by atoms with E-state index in [1.54, 1.807) is 18.2 Å². The van der Waals surface area contributed by atoms with Gasteiger partial charge in [0.1, 0.15) is 17.3 Å². The molecule has 0 bridgehead atoms. The molecule has 6 nitrogen and oxygen atoms in total. The summed E-state index contributed by atoms with van der Waals surface area (Å²) >= 11 is 0. The van der Waals surface area contributed by atoms with Crippen molar-refractivity contribution in [3.63, 3.8) is 0 Å². The van der Waals surface area contributed by atoms with Crippen molar-refractivity contribution in [2.45, 2.75) is 38.1 Å². The minimum atomic E-state index is -0.406. The molecular formula is C24H28FN5O. The highest BCUT2D eigenvalue weighted by Gasteiger charge is 2.39. The summed E-state index contributed by atoms with van der Waals surface area (Å²) in [5.41, 5.74) is 2.71. The van der Waals surface area contributed by atoms with E-state index in [0.29, 0.717) is 12.4 Å². The predicted molar refractivity (Wildman–Crippen MR) is 118 cm³/mol. The highest BCUT2D eigenvalue weighted by atomic mass is 19.1. The second kappa shape index (κ2) is 8.23. The van der Waals surface area contributed by atoms with Crippen LogP contribution >= 0.6 is 0 Å². The smallest absolute Gasteiger partial charge is 0.291 e. The third-order valence-electron chi connectivity index (χ3n) is 6.12. The van der Waals surface area contributed by atoms with Gasteiger partial charge >= 0.3 is 0 Å². The molecule has 0 unspecified atom stereocenters. The van der Waals surface area contributed by atoms with Gasteiger partial charge in [-0.15, -0.1) is 5.10 Å². The van der Waals surface area contributed by atoms with Crippen molar-refractivity contribution in [2.24, 2.45) is 0 Å². The van der Waals surface area contributed by atoms with Crippen LogP contribution in [0.15, 0.2) is 48.5 Å². The number of fused-ring (bicyclic) bond motifs is 1. The largest absolute Gasteiger partial charge is 0.347 e. The van der Waals surface area contributed by atoms with Crippen LogP contribution < -0.4 is 5.32 Å².